The Morgan fingerprint density at radius 3 is 2.72 bits per heavy atom. The molecule has 0 aliphatic heterocycles. The van der Waals surface area contributed by atoms with Gasteiger partial charge in [0, 0.05) is 28.0 Å². The molecule has 25 heavy (non-hydrogen) atoms. The predicted octanol–water partition coefficient (Wildman–Crippen LogP) is 4.06. The highest BCUT2D eigenvalue weighted by atomic mass is 32.1. The number of rotatable bonds is 4. The fourth-order valence-corrected chi connectivity index (χ4v) is 3.21. The number of amides is 1. The number of nitrogens with one attached hydrogen (secondary N) is 2. The first-order valence-corrected chi connectivity index (χ1v) is 8.60. The van der Waals surface area contributed by atoms with Crippen molar-refractivity contribution in [3.8, 4) is 11.1 Å². The van der Waals surface area contributed by atoms with Gasteiger partial charge in [0.15, 0.2) is 0 Å². The summed E-state index contributed by atoms with van der Waals surface area (Å²) in [6.07, 6.45) is 3.23. The molecule has 1 amide bonds. The van der Waals surface area contributed by atoms with E-state index < -0.39 is 0 Å². The number of hydrogen-bond donors (Lipinski definition) is 2. The van der Waals surface area contributed by atoms with Crippen molar-refractivity contribution in [1.29, 1.82) is 0 Å². The highest BCUT2D eigenvalue weighted by Crippen LogP contribution is 2.32. The number of hydrogen-bond acceptors (Lipinski definition) is 4. The summed E-state index contributed by atoms with van der Waals surface area (Å²) >= 11 is 1.45. The van der Waals surface area contributed by atoms with E-state index in [0.717, 1.165) is 27.0 Å². The largest absolute Gasteiger partial charge is 0.350 e. The summed E-state index contributed by atoms with van der Waals surface area (Å²) in [5.74, 6) is -0.289. The fraction of sp³-hybridized carbons (Fsp3) is 0. The third kappa shape index (κ3) is 3.07. The Kier molecular flexibility index (Phi) is 4.10. The lowest BCUT2D eigenvalue weighted by Gasteiger charge is -2.04. The van der Waals surface area contributed by atoms with Gasteiger partial charge in [-0.25, -0.2) is 10.4 Å². The zero-order chi connectivity index (χ0) is 17.1. The third-order valence-electron chi connectivity index (χ3n) is 3.79. The average Bonchev–Trinajstić information content (AvgIpc) is 3.30. The number of aromatic amines is 1. The van der Waals surface area contributed by atoms with E-state index in [1.807, 2.05) is 60.0 Å². The van der Waals surface area contributed by atoms with Crippen molar-refractivity contribution in [2.75, 3.05) is 0 Å². The van der Waals surface area contributed by atoms with Crippen molar-refractivity contribution in [2.45, 2.75) is 0 Å². The van der Waals surface area contributed by atoms with E-state index in [2.05, 4.69) is 20.5 Å². The molecule has 0 atom stereocenters. The molecule has 0 fully saturated rings. The average molecular weight is 346 g/mol. The Morgan fingerprint density at radius 1 is 1.12 bits per heavy atom. The van der Waals surface area contributed by atoms with Gasteiger partial charge in [-0.3, -0.25) is 4.79 Å². The molecule has 5 nitrogen and oxygen atoms in total. The van der Waals surface area contributed by atoms with Gasteiger partial charge in [0.1, 0.15) is 10.7 Å². The molecule has 2 N–H and O–H groups in total. The van der Waals surface area contributed by atoms with E-state index in [9.17, 15) is 4.79 Å². The maximum absolute atomic E-state index is 12.7. The molecular formula is C19H14N4OS. The van der Waals surface area contributed by atoms with E-state index in [1.165, 1.54) is 17.6 Å². The molecule has 0 saturated carbocycles. The number of carbonyl (C=O) groups is 1. The fourth-order valence-electron chi connectivity index (χ4n) is 2.72. The zero-order valence-electron chi connectivity index (χ0n) is 13.1. The molecule has 0 aliphatic carbocycles. The zero-order valence-corrected chi connectivity index (χ0v) is 14.0. The Balaban J connectivity index is 1.72. The lowest BCUT2D eigenvalue weighted by molar-refractivity contribution is 0.0951. The number of benzene rings is 2. The van der Waals surface area contributed by atoms with Gasteiger partial charge in [-0.1, -0.05) is 48.5 Å². The van der Waals surface area contributed by atoms with Gasteiger partial charge in [0.25, 0.3) is 5.91 Å². The van der Waals surface area contributed by atoms with Crippen LogP contribution >= 0.6 is 11.3 Å². The Labute approximate surface area is 148 Å². The molecular weight excluding hydrogens is 332 g/mol. The number of carbonyl (C=O) groups excluding carboxylic acids is 1. The highest BCUT2D eigenvalue weighted by molar-refractivity contribution is 7.11. The first-order valence-electron chi connectivity index (χ1n) is 7.72. The highest BCUT2D eigenvalue weighted by Gasteiger charge is 2.18. The van der Waals surface area contributed by atoms with Crippen molar-refractivity contribution in [1.82, 2.24) is 15.4 Å². The number of fused-ring (bicyclic) bond motifs is 1. The Hall–Kier alpha value is -3.25. The maximum Gasteiger partial charge on any atom is 0.288 e. The van der Waals surface area contributed by atoms with E-state index in [-0.39, 0.29) is 5.91 Å². The summed E-state index contributed by atoms with van der Waals surface area (Å²) in [5.41, 5.74) is 5.83. The first kappa shape index (κ1) is 15.3. The minimum atomic E-state index is -0.289. The maximum atomic E-state index is 12.7. The number of thiazole rings is 1. The lowest BCUT2D eigenvalue weighted by Crippen LogP contribution is -2.18. The minimum absolute atomic E-state index is 0.289. The molecule has 0 spiro atoms. The first-order chi connectivity index (χ1) is 12.3. The second-order valence-corrected chi connectivity index (χ2v) is 6.28. The van der Waals surface area contributed by atoms with Crippen LogP contribution in [0.15, 0.2) is 71.3 Å². The third-order valence-corrected chi connectivity index (χ3v) is 4.50. The van der Waals surface area contributed by atoms with Crippen molar-refractivity contribution in [3.05, 3.63) is 76.9 Å². The summed E-state index contributed by atoms with van der Waals surface area (Å²) in [6, 6.07) is 17.7. The van der Waals surface area contributed by atoms with Gasteiger partial charge in [0.05, 0.1) is 6.21 Å². The number of aromatic nitrogens is 2. The van der Waals surface area contributed by atoms with Crippen LogP contribution in [0.25, 0.3) is 22.0 Å². The smallest absolute Gasteiger partial charge is 0.288 e. The van der Waals surface area contributed by atoms with Gasteiger partial charge in [-0.05, 0) is 11.6 Å². The van der Waals surface area contributed by atoms with Gasteiger partial charge in [0.2, 0.25) is 0 Å². The van der Waals surface area contributed by atoms with E-state index >= 15 is 0 Å². The molecule has 6 heteroatoms. The van der Waals surface area contributed by atoms with Crippen LogP contribution < -0.4 is 5.43 Å². The van der Waals surface area contributed by atoms with Gasteiger partial charge in [-0.2, -0.15) is 5.10 Å². The molecule has 4 aromatic rings. The van der Waals surface area contributed by atoms with Crippen LogP contribution in [0.3, 0.4) is 0 Å². The summed E-state index contributed by atoms with van der Waals surface area (Å²) in [7, 11) is 0. The molecule has 4 rings (SSSR count). The van der Waals surface area contributed by atoms with Crippen LogP contribution in [-0.2, 0) is 0 Å². The quantitative estimate of drug-likeness (QED) is 0.432. The van der Waals surface area contributed by atoms with Crippen LogP contribution in [0.1, 0.15) is 15.5 Å². The Bertz CT molecular complexity index is 1040. The summed E-state index contributed by atoms with van der Waals surface area (Å²) in [5, 5.41) is 7.59. The normalized spacial score (nSPS) is 11.2. The summed E-state index contributed by atoms with van der Waals surface area (Å²) in [6.45, 7) is 0. The molecule has 0 aliphatic rings. The summed E-state index contributed by atoms with van der Waals surface area (Å²) in [4.78, 5) is 20.0. The molecule has 0 bridgehead atoms. The minimum Gasteiger partial charge on any atom is -0.350 e. The van der Waals surface area contributed by atoms with E-state index in [0.29, 0.717) is 5.69 Å². The van der Waals surface area contributed by atoms with Gasteiger partial charge >= 0.3 is 0 Å². The van der Waals surface area contributed by atoms with Crippen molar-refractivity contribution >= 4 is 34.4 Å². The van der Waals surface area contributed by atoms with Crippen LogP contribution in [0, 0.1) is 0 Å². The standard InChI is InChI=1S/C19H14N4OS/c24-19(23-21-12-16-20-10-11-25-16)18-17(13-6-2-1-3-7-13)14-8-4-5-9-15(14)22-18/h1-12,22H,(H,23,24). The number of para-hydroxylation sites is 1. The molecule has 122 valence electrons. The monoisotopic (exact) mass is 346 g/mol. The van der Waals surface area contributed by atoms with Crippen molar-refractivity contribution in [3.63, 3.8) is 0 Å². The number of H-pyrrole nitrogens is 1. The Morgan fingerprint density at radius 2 is 1.92 bits per heavy atom. The van der Waals surface area contributed by atoms with Crippen molar-refractivity contribution < 1.29 is 4.79 Å². The van der Waals surface area contributed by atoms with Crippen LogP contribution in [0.5, 0.6) is 0 Å². The van der Waals surface area contributed by atoms with Crippen LogP contribution in [0.4, 0.5) is 0 Å². The molecule has 2 heterocycles. The second-order valence-electron chi connectivity index (χ2n) is 5.36. The lowest BCUT2D eigenvalue weighted by atomic mass is 10.0. The molecule has 2 aromatic heterocycles. The van der Waals surface area contributed by atoms with E-state index in [4.69, 9.17) is 0 Å². The molecule has 2 aromatic carbocycles. The second kappa shape index (κ2) is 6.70. The van der Waals surface area contributed by atoms with Crippen LogP contribution in [-0.4, -0.2) is 22.1 Å². The van der Waals surface area contributed by atoms with Crippen molar-refractivity contribution in [2.24, 2.45) is 5.10 Å². The van der Waals surface area contributed by atoms with Crippen LogP contribution in [0.2, 0.25) is 0 Å². The SMILES string of the molecule is O=C(NN=Cc1nccs1)c1[nH]c2ccccc2c1-c1ccccc1. The van der Waals surface area contributed by atoms with Gasteiger partial charge in [-0.15, -0.1) is 11.3 Å². The van der Waals surface area contributed by atoms with E-state index in [1.54, 1.807) is 6.20 Å². The number of hydrazone groups is 1. The molecule has 0 unspecified atom stereocenters. The molecule has 0 saturated heterocycles. The molecule has 0 radical (unpaired) electrons. The number of nitrogens with zero attached hydrogens (tertiary/aromatic N) is 2. The predicted molar refractivity (Wildman–Crippen MR) is 101 cm³/mol. The van der Waals surface area contributed by atoms with Gasteiger partial charge < -0.3 is 4.98 Å². The topological polar surface area (TPSA) is 70.1 Å². The summed E-state index contributed by atoms with van der Waals surface area (Å²) < 4.78 is 0.